The van der Waals surface area contributed by atoms with E-state index in [0.717, 1.165) is 31.7 Å². The summed E-state index contributed by atoms with van der Waals surface area (Å²) in [7, 11) is 0. The third-order valence-electron chi connectivity index (χ3n) is 3.17. The third-order valence-corrected chi connectivity index (χ3v) is 3.17. The molecule has 1 aromatic rings. The largest absolute Gasteiger partial charge is 0.356 e. The predicted molar refractivity (Wildman–Crippen MR) is 69.9 cm³/mol. The van der Waals surface area contributed by atoms with Crippen LogP contribution in [0.1, 0.15) is 19.8 Å². The van der Waals surface area contributed by atoms with Gasteiger partial charge in [0.15, 0.2) is 0 Å². The number of nitrogens with one attached hydrogen (secondary N) is 1. The molecule has 7 nitrogen and oxygen atoms in total. The van der Waals surface area contributed by atoms with Crippen molar-refractivity contribution < 1.29 is 9.72 Å². The number of piperidine rings is 1. The molecule has 0 atom stereocenters. The van der Waals surface area contributed by atoms with Crippen molar-refractivity contribution in [1.29, 1.82) is 0 Å². The number of carbonyl (C=O) groups excluding carboxylic acids is 1. The standard InChI is InChI=1S/C12H16N4O3/c1-9(17)14-10-4-6-15(7-5-10)12-3-2-11(8-13-12)16(18)19/h2-3,8,10H,4-7H2,1H3,(H,14,17). The first-order valence-electron chi connectivity index (χ1n) is 6.19. The SMILES string of the molecule is CC(=O)NC1CCN(c2ccc([N+](=O)[O-])cn2)CC1. The van der Waals surface area contributed by atoms with Crippen molar-refractivity contribution in [1.82, 2.24) is 10.3 Å². The van der Waals surface area contributed by atoms with Gasteiger partial charge in [-0.2, -0.15) is 0 Å². The number of amides is 1. The second-order valence-corrected chi connectivity index (χ2v) is 4.59. The molecule has 0 spiro atoms. The van der Waals surface area contributed by atoms with Crippen molar-refractivity contribution in [2.24, 2.45) is 0 Å². The number of pyridine rings is 1. The Bertz CT molecular complexity index is 466. The summed E-state index contributed by atoms with van der Waals surface area (Å²) in [5.41, 5.74) is -0.00289. The highest BCUT2D eigenvalue weighted by Crippen LogP contribution is 2.20. The van der Waals surface area contributed by atoms with E-state index in [9.17, 15) is 14.9 Å². The Morgan fingerprint density at radius 3 is 2.63 bits per heavy atom. The lowest BCUT2D eigenvalue weighted by Gasteiger charge is -2.32. The Morgan fingerprint density at radius 2 is 2.16 bits per heavy atom. The molecular weight excluding hydrogens is 248 g/mol. The second kappa shape index (κ2) is 5.64. The lowest BCUT2D eigenvalue weighted by atomic mass is 10.1. The molecule has 1 N–H and O–H groups in total. The van der Waals surface area contributed by atoms with Gasteiger partial charge in [-0.1, -0.05) is 0 Å². The van der Waals surface area contributed by atoms with Crippen molar-refractivity contribution in [3.8, 4) is 0 Å². The first kappa shape index (κ1) is 13.3. The monoisotopic (exact) mass is 264 g/mol. The van der Waals surface area contributed by atoms with Crippen LogP contribution in [0.15, 0.2) is 18.3 Å². The van der Waals surface area contributed by atoms with Crippen LogP contribution in [0.2, 0.25) is 0 Å². The van der Waals surface area contributed by atoms with E-state index in [1.54, 1.807) is 6.07 Å². The van der Waals surface area contributed by atoms with Gasteiger partial charge in [-0.15, -0.1) is 0 Å². The summed E-state index contributed by atoms with van der Waals surface area (Å²) in [5, 5.41) is 13.4. The Kier molecular flexibility index (Phi) is 3.94. The van der Waals surface area contributed by atoms with Gasteiger partial charge < -0.3 is 10.2 Å². The molecule has 0 bridgehead atoms. The summed E-state index contributed by atoms with van der Waals surface area (Å²) in [6, 6.07) is 3.34. The molecule has 19 heavy (non-hydrogen) atoms. The molecule has 1 amide bonds. The molecule has 0 radical (unpaired) electrons. The number of hydrogen-bond acceptors (Lipinski definition) is 5. The molecule has 0 saturated carbocycles. The zero-order chi connectivity index (χ0) is 13.8. The summed E-state index contributed by atoms with van der Waals surface area (Å²) in [5.74, 6) is 0.735. The fraction of sp³-hybridized carbons (Fsp3) is 0.500. The molecular formula is C12H16N4O3. The first-order valence-corrected chi connectivity index (χ1v) is 6.19. The van der Waals surface area contributed by atoms with Gasteiger partial charge in [0.2, 0.25) is 5.91 Å². The molecule has 1 aliphatic rings. The second-order valence-electron chi connectivity index (χ2n) is 4.59. The third kappa shape index (κ3) is 3.40. The molecule has 2 rings (SSSR count). The molecule has 0 aliphatic carbocycles. The van der Waals surface area contributed by atoms with Gasteiger partial charge in [-0.05, 0) is 18.9 Å². The molecule has 1 saturated heterocycles. The van der Waals surface area contributed by atoms with Gasteiger partial charge in [-0.3, -0.25) is 14.9 Å². The van der Waals surface area contributed by atoms with Gasteiger partial charge in [0, 0.05) is 32.1 Å². The van der Waals surface area contributed by atoms with E-state index in [1.165, 1.54) is 19.2 Å². The molecule has 1 fully saturated rings. The summed E-state index contributed by atoms with van der Waals surface area (Å²) in [6.07, 6.45) is 2.99. The average Bonchev–Trinajstić information content (AvgIpc) is 2.39. The number of aromatic nitrogens is 1. The molecule has 7 heteroatoms. The first-order chi connectivity index (χ1) is 9.06. The van der Waals surface area contributed by atoms with Crippen molar-refractivity contribution in [2.45, 2.75) is 25.8 Å². The maximum atomic E-state index is 11.0. The zero-order valence-corrected chi connectivity index (χ0v) is 10.7. The van der Waals surface area contributed by atoms with E-state index in [0.29, 0.717) is 0 Å². The summed E-state index contributed by atoms with van der Waals surface area (Å²) >= 11 is 0. The van der Waals surface area contributed by atoms with Crippen molar-refractivity contribution in [2.75, 3.05) is 18.0 Å². The number of nitrogens with zero attached hydrogens (tertiary/aromatic N) is 3. The van der Waals surface area contributed by atoms with Crippen molar-refractivity contribution in [3.05, 3.63) is 28.4 Å². The predicted octanol–water partition coefficient (Wildman–Crippen LogP) is 1.09. The summed E-state index contributed by atoms with van der Waals surface area (Å²) < 4.78 is 0. The number of hydrogen-bond donors (Lipinski definition) is 1. The quantitative estimate of drug-likeness (QED) is 0.652. The molecule has 2 heterocycles. The van der Waals surface area contributed by atoms with E-state index >= 15 is 0 Å². The highest BCUT2D eigenvalue weighted by atomic mass is 16.6. The van der Waals surface area contributed by atoms with Gasteiger partial charge in [0.1, 0.15) is 12.0 Å². The molecule has 1 aromatic heterocycles. The Balaban J connectivity index is 1.94. The van der Waals surface area contributed by atoms with Crippen LogP contribution >= 0.6 is 0 Å². The smallest absolute Gasteiger partial charge is 0.287 e. The minimum Gasteiger partial charge on any atom is -0.356 e. The van der Waals surface area contributed by atoms with E-state index in [4.69, 9.17) is 0 Å². The van der Waals surface area contributed by atoms with E-state index < -0.39 is 4.92 Å². The average molecular weight is 264 g/mol. The van der Waals surface area contributed by atoms with Crippen LogP contribution in [-0.2, 0) is 4.79 Å². The minimum atomic E-state index is -0.459. The highest BCUT2D eigenvalue weighted by molar-refractivity contribution is 5.73. The van der Waals surface area contributed by atoms with Gasteiger partial charge >= 0.3 is 0 Å². The van der Waals surface area contributed by atoms with Crippen LogP contribution in [0, 0.1) is 10.1 Å². The molecule has 102 valence electrons. The van der Waals surface area contributed by atoms with Gasteiger partial charge in [0.05, 0.1) is 4.92 Å². The Morgan fingerprint density at radius 1 is 1.47 bits per heavy atom. The fourth-order valence-electron chi connectivity index (χ4n) is 2.21. The normalized spacial score (nSPS) is 16.2. The van der Waals surface area contributed by atoms with Gasteiger partial charge in [-0.25, -0.2) is 4.98 Å². The van der Waals surface area contributed by atoms with Gasteiger partial charge in [0.25, 0.3) is 5.69 Å². The van der Waals surface area contributed by atoms with Crippen LogP contribution in [0.4, 0.5) is 11.5 Å². The van der Waals surface area contributed by atoms with Crippen LogP contribution in [-0.4, -0.2) is 34.9 Å². The summed E-state index contributed by atoms with van der Waals surface area (Å²) in [4.78, 5) is 27.2. The number of rotatable bonds is 3. The van der Waals surface area contributed by atoms with Crippen LogP contribution in [0.5, 0.6) is 0 Å². The number of carbonyl (C=O) groups is 1. The Hall–Kier alpha value is -2.18. The molecule has 0 aromatic carbocycles. The Labute approximate surface area is 110 Å². The summed E-state index contributed by atoms with van der Waals surface area (Å²) in [6.45, 7) is 3.09. The number of anilines is 1. The molecule has 0 unspecified atom stereocenters. The van der Waals surface area contributed by atoms with Crippen LogP contribution in [0.3, 0.4) is 0 Å². The number of nitro groups is 1. The van der Waals surface area contributed by atoms with Crippen LogP contribution < -0.4 is 10.2 Å². The lowest BCUT2D eigenvalue weighted by Crippen LogP contribution is -2.44. The lowest BCUT2D eigenvalue weighted by molar-refractivity contribution is -0.385. The topological polar surface area (TPSA) is 88.4 Å². The maximum Gasteiger partial charge on any atom is 0.287 e. The highest BCUT2D eigenvalue weighted by Gasteiger charge is 2.20. The fourth-order valence-corrected chi connectivity index (χ4v) is 2.21. The van der Waals surface area contributed by atoms with Crippen molar-refractivity contribution in [3.63, 3.8) is 0 Å². The van der Waals surface area contributed by atoms with E-state index in [-0.39, 0.29) is 17.6 Å². The molecule has 1 aliphatic heterocycles. The van der Waals surface area contributed by atoms with E-state index in [2.05, 4.69) is 15.2 Å². The van der Waals surface area contributed by atoms with Crippen molar-refractivity contribution >= 4 is 17.4 Å². The van der Waals surface area contributed by atoms with Crippen LogP contribution in [0.25, 0.3) is 0 Å². The van der Waals surface area contributed by atoms with E-state index in [1.807, 2.05) is 0 Å². The maximum absolute atomic E-state index is 11.0. The minimum absolute atomic E-state index is 0.00289. The zero-order valence-electron chi connectivity index (χ0n) is 10.7.